The normalized spacial score (nSPS) is 13.8. The van der Waals surface area contributed by atoms with E-state index in [1.165, 1.54) is 24.3 Å². The molecular formula is C23H17FN2O3. The van der Waals surface area contributed by atoms with E-state index in [4.69, 9.17) is 4.74 Å². The van der Waals surface area contributed by atoms with Crippen molar-refractivity contribution in [3.63, 3.8) is 0 Å². The monoisotopic (exact) mass is 388 g/mol. The van der Waals surface area contributed by atoms with Gasteiger partial charge in [0.2, 0.25) is 0 Å². The van der Waals surface area contributed by atoms with Gasteiger partial charge < -0.3 is 10.1 Å². The second-order valence-corrected chi connectivity index (χ2v) is 6.39. The van der Waals surface area contributed by atoms with E-state index in [1.807, 2.05) is 18.2 Å². The summed E-state index contributed by atoms with van der Waals surface area (Å²) >= 11 is 0. The van der Waals surface area contributed by atoms with Crippen LogP contribution in [0.4, 0.5) is 15.8 Å². The molecule has 0 unspecified atom stereocenters. The first kappa shape index (κ1) is 18.4. The minimum absolute atomic E-state index is 0.163. The smallest absolute Gasteiger partial charge is 0.282 e. The fourth-order valence-corrected chi connectivity index (χ4v) is 3.16. The number of para-hydroxylation sites is 1. The number of imide groups is 1. The quantitative estimate of drug-likeness (QED) is 0.665. The van der Waals surface area contributed by atoms with Crippen molar-refractivity contribution in [1.82, 2.24) is 0 Å². The molecule has 1 heterocycles. The van der Waals surface area contributed by atoms with Crippen LogP contribution in [0.5, 0.6) is 5.75 Å². The molecule has 1 aliphatic rings. The lowest BCUT2D eigenvalue weighted by Crippen LogP contribution is -2.32. The maximum Gasteiger partial charge on any atom is 0.282 e. The van der Waals surface area contributed by atoms with Gasteiger partial charge in [-0.05, 0) is 54.1 Å². The number of rotatable bonds is 5. The van der Waals surface area contributed by atoms with Crippen LogP contribution in [0.1, 0.15) is 5.56 Å². The van der Waals surface area contributed by atoms with Gasteiger partial charge in [-0.3, -0.25) is 9.59 Å². The average molecular weight is 388 g/mol. The molecule has 2 amide bonds. The van der Waals surface area contributed by atoms with E-state index in [0.29, 0.717) is 22.7 Å². The minimum atomic E-state index is -0.503. The Hall–Kier alpha value is -3.93. The van der Waals surface area contributed by atoms with E-state index in [1.54, 1.807) is 43.5 Å². The molecule has 3 aromatic rings. The van der Waals surface area contributed by atoms with Gasteiger partial charge >= 0.3 is 0 Å². The van der Waals surface area contributed by atoms with Crippen LogP contribution in [0.2, 0.25) is 0 Å². The van der Waals surface area contributed by atoms with E-state index in [9.17, 15) is 14.0 Å². The zero-order chi connectivity index (χ0) is 20.4. The molecule has 4 rings (SSSR count). The van der Waals surface area contributed by atoms with E-state index in [-0.39, 0.29) is 11.3 Å². The van der Waals surface area contributed by atoms with Crippen LogP contribution in [0, 0.1) is 5.82 Å². The molecule has 29 heavy (non-hydrogen) atoms. The molecule has 1 N–H and O–H groups in total. The molecule has 0 atom stereocenters. The number of methoxy groups -OCH3 is 1. The summed E-state index contributed by atoms with van der Waals surface area (Å²) in [6.45, 7) is 0. The number of hydrogen-bond donors (Lipinski definition) is 1. The summed E-state index contributed by atoms with van der Waals surface area (Å²) in [5.41, 5.74) is 1.96. The Bertz CT molecular complexity index is 1090. The molecule has 0 radical (unpaired) electrons. The zero-order valence-electron chi connectivity index (χ0n) is 15.6. The number of amides is 2. The van der Waals surface area contributed by atoms with Gasteiger partial charge in [-0.2, -0.15) is 0 Å². The van der Waals surface area contributed by atoms with E-state index < -0.39 is 17.6 Å². The number of nitrogens with one attached hydrogen (secondary N) is 1. The first-order chi connectivity index (χ1) is 14.1. The van der Waals surface area contributed by atoms with Gasteiger partial charge in [0.15, 0.2) is 0 Å². The van der Waals surface area contributed by atoms with Crippen molar-refractivity contribution >= 4 is 28.8 Å². The lowest BCUT2D eigenvalue weighted by molar-refractivity contribution is -0.120. The number of benzene rings is 3. The summed E-state index contributed by atoms with van der Waals surface area (Å²) in [5, 5.41) is 3.07. The predicted molar refractivity (Wildman–Crippen MR) is 109 cm³/mol. The summed E-state index contributed by atoms with van der Waals surface area (Å²) in [7, 11) is 1.55. The second kappa shape index (κ2) is 7.59. The first-order valence-electron chi connectivity index (χ1n) is 8.93. The van der Waals surface area contributed by atoms with Crippen molar-refractivity contribution in [3.05, 3.63) is 95.9 Å². The lowest BCUT2D eigenvalue weighted by atomic mass is 10.0. The van der Waals surface area contributed by atoms with Crippen LogP contribution in [0.3, 0.4) is 0 Å². The fraction of sp³-hybridized carbons (Fsp3) is 0.0435. The summed E-state index contributed by atoms with van der Waals surface area (Å²) in [6, 6.07) is 21.2. The molecule has 0 aromatic heterocycles. The summed E-state index contributed by atoms with van der Waals surface area (Å²) in [5.74, 6) is -0.792. The number of nitrogens with zero attached hydrogens (tertiary/aromatic N) is 1. The number of halogens is 1. The number of carbonyl (C=O) groups excluding carboxylic acids is 2. The van der Waals surface area contributed by atoms with Gasteiger partial charge in [-0.15, -0.1) is 0 Å². The molecular weight excluding hydrogens is 371 g/mol. The molecule has 0 fully saturated rings. The van der Waals surface area contributed by atoms with E-state index >= 15 is 0 Å². The van der Waals surface area contributed by atoms with Crippen molar-refractivity contribution in [2.45, 2.75) is 0 Å². The molecule has 5 nitrogen and oxygen atoms in total. The highest BCUT2D eigenvalue weighted by atomic mass is 19.1. The number of anilines is 2. The second-order valence-electron chi connectivity index (χ2n) is 6.39. The number of hydrogen-bond acceptors (Lipinski definition) is 4. The van der Waals surface area contributed by atoms with Crippen molar-refractivity contribution < 1.29 is 18.7 Å². The highest BCUT2D eigenvalue weighted by Gasteiger charge is 2.40. The van der Waals surface area contributed by atoms with Crippen LogP contribution in [0.15, 0.2) is 84.6 Å². The highest BCUT2D eigenvalue weighted by molar-refractivity contribution is 6.46. The summed E-state index contributed by atoms with van der Waals surface area (Å²) < 4.78 is 18.5. The third-order valence-corrected chi connectivity index (χ3v) is 4.59. The van der Waals surface area contributed by atoms with Crippen molar-refractivity contribution in [2.24, 2.45) is 0 Å². The van der Waals surface area contributed by atoms with Crippen molar-refractivity contribution in [3.8, 4) is 5.75 Å². The van der Waals surface area contributed by atoms with Gasteiger partial charge in [-0.1, -0.05) is 30.3 Å². The summed E-state index contributed by atoms with van der Waals surface area (Å²) in [6.07, 6.45) is 0. The summed E-state index contributed by atoms with van der Waals surface area (Å²) in [4.78, 5) is 27.5. The Labute approximate surface area is 167 Å². The molecule has 0 aliphatic carbocycles. The van der Waals surface area contributed by atoms with Crippen LogP contribution >= 0.6 is 0 Å². The van der Waals surface area contributed by atoms with Crippen molar-refractivity contribution in [2.75, 3.05) is 17.3 Å². The van der Waals surface area contributed by atoms with Crippen LogP contribution in [-0.2, 0) is 9.59 Å². The Morgan fingerprint density at radius 3 is 2.10 bits per heavy atom. The Balaban J connectivity index is 1.80. The molecule has 0 bridgehead atoms. The first-order valence-corrected chi connectivity index (χ1v) is 8.93. The third-order valence-electron chi connectivity index (χ3n) is 4.59. The van der Waals surface area contributed by atoms with Gasteiger partial charge in [-0.25, -0.2) is 9.29 Å². The maximum absolute atomic E-state index is 13.3. The zero-order valence-corrected chi connectivity index (χ0v) is 15.6. The van der Waals surface area contributed by atoms with Gasteiger partial charge in [0.05, 0.1) is 18.4 Å². The Morgan fingerprint density at radius 2 is 1.48 bits per heavy atom. The van der Waals surface area contributed by atoms with Crippen LogP contribution < -0.4 is 15.0 Å². The number of ether oxygens (including phenoxy) is 1. The lowest BCUT2D eigenvalue weighted by Gasteiger charge is -2.15. The van der Waals surface area contributed by atoms with Crippen LogP contribution in [-0.4, -0.2) is 18.9 Å². The minimum Gasteiger partial charge on any atom is -0.497 e. The molecule has 0 saturated heterocycles. The molecule has 6 heteroatoms. The molecule has 1 aliphatic heterocycles. The largest absolute Gasteiger partial charge is 0.497 e. The molecule has 0 saturated carbocycles. The number of carbonyl (C=O) groups is 2. The maximum atomic E-state index is 13.3. The van der Waals surface area contributed by atoms with Gasteiger partial charge in [0, 0.05) is 5.69 Å². The van der Waals surface area contributed by atoms with E-state index in [2.05, 4.69) is 5.32 Å². The van der Waals surface area contributed by atoms with Crippen LogP contribution in [0.25, 0.3) is 5.57 Å². The standard InChI is InChI=1S/C23H17FN2O3/c1-29-19-13-7-15(8-14-19)20-21(25-17-5-3-2-4-6-17)23(28)26(22(20)27)18-11-9-16(24)10-12-18/h2-14,25H,1H3. The molecule has 3 aromatic carbocycles. The van der Waals surface area contributed by atoms with Gasteiger partial charge in [0.25, 0.3) is 11.8 Å². The topological polar surface area (TPSA) is 58.6 Å². The fourth-order valence-electron chi connectivity index (χ4n) is 3.16. The SMILES string of the molecule is COc1ccc(C2=C(Nc3ccccc3)C(=O)N(c3ccc(F)cc3)C2=O)cc1. The highest BCUT2D eigenvalue weighted by Crippen LogP contribution is 2.34. The Morgan fingerprint density at radius 1 is 0.828 bits per heavy atom. The Kier molecular flexibility index (Phi) is 4.83. The predicted octanol–water partition coefficient (Wildman–Crippen LogP) is 4.23. The molecule has 0 spiro atoms. The average Bonchev–Trinajstić information content (AvgIpc) is 2.99. The van der Waals surface area contributed by atoms with Crippen molar-refractivity contribution in [1.29, 1.82) is 0 Å². The van der Waals surface area contributed by atoms with E-state index in [0.717, 1.165) is 4.90 Å². The van der Waals surface area contributed by atoms with Gasteiger partial charge in [0.1, 0.15) is 17.3 Å². The third kappa shape index (κ3) is 3.48. The molecule has 144 valence electrons.